The fraction of sp³-hybridized carbons (Fsp3) is 0.733. The molecule has 21 heavy (non-hydrogen) atoms. The zero-order valence-corrected chi connectivity index (χ0v) is 13.5. The second-order valence-electron chi connectivity index (χ2n) is 6.17. The smallest absolute Gasteiger partial charge is 0.315 e. The van der Waals surface area contributed by atoms with Crippen molar-refractivity contribution in [2.24, 2.45) is 5.92 Å². The largest absolute Gasteiger partial charge is 0.394 e. The molecule has 1 heterocycles. The summed E-state index contributed by atoms with van der Waals surface area (Å²) >= 11 is 0. The molecule has 6 nitrogen and oxygen atoms in total. The lowest BCUT2D eigenvalue weighted by Crippen LogP contribution is -2.52. The third-order valence-corrected chi connectivity index (χ3v) is 3.34. The standard InChI is InChI=1S/C15H28N4O2/c1-5-6-15(4,11-20)18-14(21)17-9-13-16-7-8-19(13)10-12(2)3/h7-8,12,20H,5-6,9-11H2,1-4H3,(H2,17,18,21). The first kappa shape index (κ1) is 17.5. The molecule has 0 fully saturated rings. The maximum atomic E-state index is 12.0. The lowest BCUT2D eigenvalue weighted by atomic mass is 9.98. The topological polar surface area (TPSA) is 79.2 Å². The van der Waals surface area contributed by atoms with Gasteiger partial charge in [-0.05, 0) is 19.3 Å². The maximum Gasteiger partial charge on any atom is 0.315 e. The Labute approximate surface area is 127 Å². The average molecular weight is 296 g/mol. The van der Waals surface area contributed by atoms with Crippen molar-refractivity contribution < 1.29 is 9.90 Å². The van der Waals surface area contributed by atoms with E-state index in [1.165, 1.54) is 0 Å². The quantitative estimate of drug-likeness (QED) is 0.685. The van der Waals surface area contributed by atoms with Crippen LogP contribution in [0.4, 0.5) is 4.79 Å². The van der Waals surface area contributed by atoms with Gasteiger partial charge in [-0.1, -0.05) is 27.2 Å². The lowest BCUT2D eigenvalue weighted by molar-refractivity contribution is 0.163. The molecule has 6 heteroatoms. The molecular formula is C15H28N4O2. The molecule has 0 saturated heterocycles. The van der Waals surface area contributed by atoms with Gasteiger partial charge in [-0.15, -0.1) is 0 Å². The van der Waals surface area contributed by atoms with Gasteiger partial charge in [-0.25, -0.2) is 9.78 Å². The molecule has 0 bridgehead atoms. The Morgan fingerprint density at radius 2 is 2.24 bits per heavy atom. The van der Waals surface area contributed by atoms with E-state index in [0.29, 0.717) is 12.5 Å². The fourth-order valence-electron chi connectivity index (χ4n) is 2.28. The number of aliphatic hydroxyl groups is 1. The molecule has 3 N–H and O–H groups in total. The van der Waals surface area contributed by atoms with Crippen LogP contribution in [0.1, 0.15) is 46.4 Å². The Hall–Kier alpha value is -1.56. The third-order valence-electron chi connectivity index (χ3n) is 3.34. The van der Waals surface area contributed by atoms with E-state index in [2.05, 4.69) is 29.5 Å². The van der Waals surface area contributed by atoms with Crippen molar-refractivity contribution in [3.8, 4) is 0 Å². The molecule has 0 spiro atoms. The SMILES string of the molecule is CCCC(C)(CO)NC(=O)NCc1nccn1CC(C)C. The first-order chi connectivity index (χ1) is 9.90. The van der Waals surface area contributed by atoms with Gasteiger partial charge in [0.25, 0.3) is 0 Å². The van der Waals surface area contributed by atoms with Crippen molar-refractivity contribution >= 4 is 6.03 Å². The number of imidazole rings is 1. The number of carbonyl (C=O) groups is 1. The minimum Gasteiger partial charge on any atom is -0.394 e. The Morgan fingerprint density at radius 3 is 2.81 bits per heavy atom. The van der Waals surface area contributed by atoms with Gasteiger partial charge in [0.1, 0.15) is 5.82 Å². The van der Waals surface area contributed by atoms with Gasteiger partial charge in [0, 0.05) is 18.9 Å². The summed E-state index contributed by atoms with van der Waals surface area (Å²) in [5.74, 6) is 1.36. The van der Waals surface area contributed by atoms with E-state index < -0.39 is 5.54 Å². The Kier molecular flexibility index (Phi) is 6.68. The van der Waals surface area contributed by atoms with E-state index in [1.807, 2.05) is 24.6 Å². The van der Waals surface area contributed by atoms with E-state index in [0.717, 1.165) is 25.2 Å². The molecular weight excluding hydrogens is 268 g/mol. The van der Waals surface area contributed by atoms with E-state index >= 15 is 0 Å². The number of nitrogens with zero attached hydrogens (tertiary/aromatic N) is 2. The van der Waals surface area contributed by atoms with E-state index in [4.69, 9.17) is 0 Å². The molecule has 0 saturated carbocycles. The number of urea groups is 1. The van der Waals surface area contributed by atoms with Crippen molar-refractivity contribution in [1.82, 2.24) is 20.2 Å². The van der Waals surface area contributed by atoms with Crippen LogP contribution in [0, 0.1) is 5.92 Å². The van der Waals surface area contributed by atoms with Gasteiger partial charge in [-0.3, -0.25) is 0 Å². The Morgan fingerprint density at radius 1 is 1.52 bits per heavy atom. The highest BCUT2D eigenvalue weighted by Crippen LogP contribution is 2.11. The van der Waals surface area contributed by atoms with Crippen LogP contribution in [-0.4, -0.2) is 32.8 Å². The molecule has 1 aromatic rings. The first-order valence-corrected chi connectivity index (χ1v) is 7.57. The van der Waals surface area contributed by atoms with Crippen molar-refractivity contribution in [2.75, 3.05) is 6.61 Å². The molecule has 120 valence electrons. The summed E-state index contributed by atoms with van der Waals surface area (Å²) in [5, 5.41) is 15.0. The summed E-state index contributed by atoms with van der Waals surface area (Å²) in [7, 11) is 0. The van der Waals surface area contributed by atoms with Crippen LogP contribution in [0.5, 0.6) is 0 Å². The highest BCUT2D eigenvalue weighted by molar-refractivity contribution is 5.74. The zero-order valence-electron chi connectivity index (χ0n) is 13.5. The van der Waals surface area contributed by atoms with Gasteiger partial charge >= 0.3 is 6.03 Å². The number of hydrogen-bond donors (Lipinski definition) is 3. The van der Waals surface area contributed by atoms with E-state index in [9.17, 15) is 9.90 Å². The molecule has 2 amide bonds. The van der Waals surface area contributed by atoms with Crippen molar-refractivity contribution in [3.63, 3.8) is 0 Å². The number of nitrogens with one attached hydrogen (secondary N) is 2. The fourth-order valence-corrected chi connectivity index (χ4v) is 2.28. The zero-order chi connectivity index (χ0) is 15.9. The van der Waals surface area contributed by atoms with Gasteiger partial charge in [0.2, 0.25) is 0 Å². The van der Waals surface area contributed by atoms with Gasteiger partial charge in [-0.2, -0.15) is 0 Å². The van der Waals surface area contributed by atoms with Crippen LogP contribution >= 0.6 is 0 Å². The van der Waals surface area contributed by atoms with Crippen LogP contribution in [0.3, 0.4) is 0 Å². The number of rotatable bonds is 8. The molecule has 1 aromatic heterocycles. The predicted molar refractivity (Wildman–Crippen MR) is 82.8 cm³/mol. The molecule has 1 rings (SSSR count). The monoisotopic (exact) mass is 296 g/mol. The lowest BCUT2D eigenvalue weighted by Gasteiger charge is -2.28. The summed E-state index contributed by atoms with van der Waals surface area (Å²) in [4.78, 5) is 16.2. The molecule has 1 atom stereocenters. The van der Waals surface area contributed by atoms with Gasteiger partial charge in [0.05, 0.1) is 18.7 Å². The van der Waals surface area contributed by atoms with Crippen LogP contribution in [0.15, 0.2) is 12.4 Å². The van der Waals surface area contributed by atoms with Crippen molar-refractivity contribution in [1.29, 1.82) is 0 Å². The summed E-state index contributed by atoms with van der Waals surface area (Å²) < 4.78 is 2.04. The maximum absolute atomic E-state index is 12.0. The number of aliphatic hydroxyl groups excluding tert-OH is 1. The van der Waals surface area contributed by atoms with Gasteiger partial charge in [0.15, 0.2) is 0 Å². The highest BCUT2D eigenvalue weighted by Gasteiger charge is 2.24. The van der Waals surface area contributed by atoms with Gasteiger partial charge < -0.3 is 20.3 Å². The molecule has 0 aliphatic rings. The number of carbonyl (C=O) groups excluding carboxylic acids is 1. The second kappa shape index (κ2) is 8.02. The van der Waals surface area contributed by atoms with Crippen LogP contribution in [0.25, 0.3) is 0 Å². The molecule has 0 aliphatic heterocycles. The average Bonchev–Trinajstić information content (AvgIpc) is 2.83. The van der Waals surface area contributed by atoms with Crippen LogP contribution in [-0.2, 0) is 13.1 Å². The Bertz CT molecular complexity index is 445. The molecule has 0 radical (unpaired) electrons. The Balaban J connectivity index is 2.51. The predicted octanol–water partition coefficient (Wildman–Crippen LogP) is 1.89. The number of amides is 2. The van der Waals surface area contributed by atoms with Crippen LogP contribution in [0.2, 0.25) is 0 Å². The molecule has 0 aliphatic carbocycles. The number of hydrogen-bond acceptors (Lipinski definition) is 3. The minimum absolute atomic E-state index is 0.0732. The summed E-state index contributed by atoms with van der Waals surface area (Å²) in [5.41, 5.74) is -0.577. The van der Waals surface area contributed by atoms with Crippen molar-refractivity contribution in [2.45, 2.75) is 59.2 Å². The summed E-state index contributed by atoms with van der Waals surface area (Å²) in [6.45, 7) is 9.33. The minimum atomic E-state index is -0.577. The van der Waals surface area contributed by atoms with Crippen LogP contribution < -0.4 is 10.6 Å². The van der Waals surface area contributed by atoms with E-state index in [-0.39, 0.29) is 12.6 Å². The highest BCUT2D eigenvalue weighted by atomic mass is 16.3. The molecule has 0 aromatic carbocycles. The molecule has 1 unspecified atom stereocenters. The summed E-state index contributed by atoms with van der Waals surface area (Å²) in [6, 6.07) is -0.279. The first-order valence-electron chi connectivity index (χ1n) is 7.57. The number of aromatic nitrogens is 2. The third kappa shape index (κ3) is 5.75. The van der Waals surface area contributed by atoms with E-state index in [1.54, 1.807) is 6.20 Å². The van der Waals surface area contributed by atoms with Crippen molar-refractivity contribution in [3.05, 3.63) is 18.2 Å². The summed E-state index contributed by atoms with van der Waals surface area (Å²) in [6.07, 6.45) is 5.30. The second-order valence-corrected chi connectivity index (χ2v) is 6.17. The normalized spacial score (nSPS) is 14.0.